The molecule has 98 valence electrons. The first-order valence-corrected chi connectivity index (χ1v) is 6.15. The Bertz CT molecular complexity index is 280. The lowest BCUT2D eigenvalue weighted by molar-refractivity contribution is -0.141. The summed E-state index contributed by atoms with van der Waals surface area (Å²) in [7, 11) is 0. The van der Waals surface area contributed by atoms with Crippen molar-refractivity contribution in [1.82, 2.24) is 5.32 Å². The van der Waals surface area contributed by atoms with E-state index in [0.717, 1.165) is 0 Å². The fourth-order valence-electron chi connectivity index (χ4n) is 2.14. The van der Waals surface area contributed by atoms with Gasteiger partial charge < -0.3 is 15.2 Å². The molecule has 0 spiro atoms. The highest BCUT2D eigenvalue weighted by Crippen LogP contribution is 2.31. The molecule has 17 heavy (non-hydrogen) atoms. The fraction of sp³-hybridized carbons (Fsp3) is 0.833. The summed E-state index contributed by atoms with van der Waals surface area (Å²) in [6, 6.07) is -0.0219. The third kappa shape index (κ3) is 4.34. The van der Waals surface area contributed by atoms with E-state index in [-0.39, 0.29) is 23.8 Å². The highest BCUT2D eigenvalue weighted by Gasteiger charge is 2.34. The van der Waals surface area contributed by atoms with Gasteiger partial charge in [-0.2, -0.15) is 0 Å². The fourth-order valence-corrected chi connectivity index (χ4v) is 2.14. The van der Waals surface area contributed by atoms with Gasteiger partial charge in [0.25, 0.3) is 0 Å². The molecule has 0 bridgehead atoms. The lowest BCUT2D eigenvalue weighted by Gasteiger charge is -2.16. The number of nitrogens with one attached hydrogen (secondary N) is 1. The van der Waals surface area contributed by atoms with Crippen LogP contribution in [0.3, 0.4) is 0 Å². The van der Waals surface area contributed by atoms with Crippen molar-refractivity contribution in [3.8, 4) is 0 Å². The predicted molar refractivity (Wildman–Crippen MR) is 62.6 cm³/mol. The SMILES string of the molecule is CCOCC(C)NC(=O)C1CCC(C(=O)O)C1. The van der Waals surface area contributed by atoms with Crippen LogP contribution in [-0.2, 0) is 14.3 Å². The second-order valence-electron chi connectivity index (χ2n) is 4.61. The third-order valence-corrected chi connectivity index (χ3v) is 3.11. The number of carbonyl (C=O) groups excluding carboxylic acids is 1. The summed E-state index contributed by atoms with van der Waals surface area (Å²) in [5, 5.41) is 11.7. The smallest absolute Gasteiger partial charge is 0.306 e. The van der Waals surface area contributed by atoms with E-state index in [9.17, 15) is 9.59 Å². The molecular formula is C12H21NO4. The summed E-state index contributed by atoms with van der Waals surface area (Å²) in [6.07, 6.45) is 1.74. The molecule has 0 heterocycles. The summed E-state index contributed by atoms with van der Waals surface area (Å²) in [5.41, 5.74) is 0. The highest BCUT2D eigenvalue weighted by molar-refractivity contribution is 5.81. The lowest BCUT2D eigenvalue weighted by atomic mass is 10.0. The Balaban J connectivity index is 2.31. The maximum atomic E-state index is 11.8. The van der Waals surface area contributed by atoms with Crippen LogP contribution in [0.15, 0.2) is 0 Å². The van der Waals surface area contributed by atoms with Gasteiger partial charge in [-0.1, -0.05) is 0 Å². The molecule has 0 aromatic heterocycles. The Kier molecular flexibility index (Phi) is 5.41. The highest BCUT2D eigenvalue weighted by atomic mass is 16.5. The van der Waals surface area contributed by atoms with Gasteiger partial charge in [0, 0.05) is 18.6 Å². The van der Waals surface area contributed by atoms with E-state index in [1.807, 2.05) is 13.8 Å². The number of carboxylic acids is 1. The Hall–Kier alpha value is -1.10. The average Bonchev–Trinajstić information content (AvgIpc) is 2.75. The number of carboxylic acid groups (broad SMARTS) is 1. The minimum absolute atomic E-state index is 0.0219. The topological polar surface area (TPSA) is 75.6 Å². The van der Waals surface area contributed by atoms with Gasteiger partial charge in [-0.15, -0.1) is 0 Å². The minimum atomic E-state index is -0.789. The number of ether oxygens (including phenoxy) is 1. The molecule has 0 saturated heterocycles. The van der Waals surface area contributed by atoms with Gasteiger partial charge in [0.2, 0.25) is 5.91 Å². The van der Waals surface area contributed by atoms with Gasteiger partial charge in [0.1, 0.15) is 0 Å². The average molecular weight is 243 g/mol. The van der Waals surface area contributed by atoms with Gasteiger partial charge in [-0.25, -0.2) is 0 Å². The largest absolute Gasteiger partial charge is 0.481 e. The molecule has 1 fully saturated rings. The Labute approximate surface area is 102 Å². The van der Waals surface area contributed by atoms with Crippen molar-refractivity contribution in [3.63, 3.8) is 0 Å². The van der Waals surface area contributed by atoms with Crippen molar-refractivity contribution in [2.24, 2.45) is 11.8 Å². The van der Waals surface area contributed by atoms with E-state index < -0.39 is 5.97 Å². The summed E-state index contributed by atoms with van der Waals surface area (Å²) < 4.78 is 5.21. The predicted octanol–water partition coefficient (Wildman–Crippen LogP) is 1.03. The van der Waals surface area contributed by atoms with Gasteiger partial charge in [-0.05, 0) is 33.1 Å². The van der Waals surface area contributed by atoms with E-state index in [2.05, 4.69) is 5.32 Å². The van der Waals surface area contributed by atoms with Gasteiger partial charge in [0.05, 0.1) is 12.5 Å². The Morgan fingerprint density at radius 2 is 2.06 bits per heavy atom. The lowest BCUT2D eigenvalue weighted by Crippen LogP contribution is -2.39. The second-order valence-corrected chi connectivity index (χ2v) is 4.61. The maximum absolute atomic E-state index is 11.8. The van der Waals surface area contributed by atoms with E-state index in [1.54, 1.807) is 0 Å². The quantitative estimate of drug-likeness (QED) is 0.730. The molecule has 5 nitrogen and oxygen atoms in total. The van der Waals surface area contributed by atoms with Crippen LogP contribution in [0.5, 0.6) is 0 Å². The van der Waals surface area contributed by atoms with Crippen LogP contribution in [0.4, 0.5) is 0 Å². The normalized spacial score (nSPS) is 25.5. The molecule has 1 rings (SSSR count). The van der Waals surface area contributed by atoms with Crippen molar-refractivity contribution in [3.05, 3.63) is 0 Å². The molecule has 1 aliphatic rings. The van der Waals surface area contributed by atoms with Gasteiger partial charge in [0.15, 0.2) is 0 Å². The number of carbonyl (C=O) groups is 2. The zero-order valence-electron chi connectivity index (χ0n) is 10.4. The van der Waals surface area contributed by atoms with E-state index in [4.69, 9.17) is 9.84 Å². The van der Waals surface area contributed by atoms with Gasteiger partial charge >= 0.3 is 5.97 Å². The van der Waals surface area contributed by atoms with E-state index in [0.29, 0.717) is 32.5 Å². The first-order chi connectivity index (χ1) is 8.04. The third-order valence-electron chi connectivity index (χ3n) is 3.11. The van der Waals surface area contributed by atoms with Crippen LogP contribution >= 0.6 is 0 Å². The van der Waals surface area contributed by atoms with Crippen molar-refractivity contribution >= 4 is 11.9 Å². The van der Waals surface area contributed by atoms with Crippen LogP contribution in [0, 0.1) is 11.8 Å². The minimum Gasteiger partial charge on any atom is -0.481 e. The summed E-state index contributed by atoms with van der Waals surface area (Å²) >= 11 is 0. The molecule has 1 aliphatic carbocycles. The Morgan fingerprint density at radius 1 is 1.41 bits per heavy atom. The number of hydrogen-bond acceptors (Lipinski definition) is 3. The zero-order valence-corrected chi connectivity index (χ0v) is 10.4. The monoisotopic (exact) mass is 243 g/mol. The van der Waals surface area contributed by atoms with Crippen LogP contribution in [0.2, 0.25) is 0 Å². The van der Waals surface area contributed by atoms with E-state index >= 15 is 0 Å². The van der Waals surface area contributed by atoms with Gasteiger partial charge in [-0.3, -0.25) is 9.59 Å². The van der Waals surface area contributed by atoms with E-state index in [1.165, 1.54) is 0 Å². The summed E-state index contributed by atoms with van der Waals surface area (Å²) in [4.78, 5) is 22.6. The first-order valence-electron chi connectivity index (χ1n) is 6.15. The molecule has 1 amide bonds. The summed E-state index contributed by atoms with van der Waals surface area (Å²) in [5.74, 6) is -1.34. The van der Waals surface area contributed by atoms with Crippen LogP contribution in [0.25, 0.3) is 0 Å². The number of hydrogen-bond donors (Lipinski definition) is 2. The molecule has 0 radical (unpaired) electrons. The second kappa shape index (κ2) is 6.59. The molecule has 2 N–H and O–H groups in total. The number of aliphatic carboxylic acids is 1. The van der Waals surface area contributed by atoms with Crippen molar-refractivity contribution in [1.29, 1.82) is 0 Å². The number of rotatable bonds is 6. The molecule has 0 aromatic carbocycles. The van der Waals surface area contributed by atoms with Crippen LogP contribution in [0.1, 0.15) is 33.1 Å². The number of amides is 1. The molecule has 1 saturated carbocycles. The first kappa shape index (κ1) is 14.0. The molecule has 3 atom stereocenters. The molecule has 0 aromatic rings. The maximum Gasteiger partial charge on any atom is 0.306 e. The summed E-state index contributed by atoms with van der Waals surface area (Å²) in [6.45, 7) is 4.92. The van der Waals surface area contributed by atoms with Crippen molar-refractivity contribution < 1.29 is 19.4 Å². The Morgan fingerprint density at radius 3 is 2.59 bits per heavy atom. The van der Waals surface area contributed by atoms with Crippen LogP contribution < -0.4 is 5.32 Å². The molecular weight excluding hydrogens is 222 g/mol. The zero-order chi connectivity index (χ0) is 12.8. The van der Waals surface area contributed by atoms with Crippen molar-refractivity contribution in [2.75, 3.05) is 13.2 Å². The molecule has 0 aliphatic heterocycles. The van der Waals surface area contributed by atoms with Crippen LogP contribution in [-0.4, -0.2) is 36.2 Å². The molecule has 5 heteroatoms. The standard InChI is InChI=1S/C12H21NO4/c1-3-17-7-8(2)13-11(14)9-4-5-10(6-9)12(15)16/h8-10H,3-7H2,1-2H3,(H,13,14)(H,15,16). The van der Waals surface area contributed by atoms with Crippen molar-refractivity contribution in [2.45, 2.75) is 39.2 Å². The molecule has 3 unspecified atom stereocenters.